The first-order valence-corrected chi connectivity index (χ1v) is 12.5. The van der Waals surface area contributed by atoms with Crippen LogP contribution in [0.5, 0.6) is 5.75 Å². The Bertz CT molecular complexity index is 826. The standard InChI is InChI=1S/C28H38O3/c1-3-4-5-6-7-8-9-10-27(30)31-21-12-14-22-20(19-21)11-13-24-23(22)17-18-28(2)25(24)15-16-26(28)29/h3,12,14,19,23-25H,1,4-11,13,15-18H2,2H3. The molecule has 3 nitrogen and oxygen atoms in total. The zero-order valence-corrected chi connectivity index (χ0v) is 19.2. The fourth-order valence-corrected chi connectivity index (χ4v) is 6.66. The van der Waals surface area contributed by atoms with Crippen LogP contribution in [0.3, 0.4) is 0 Å². The van der Waals surface area contributed by atoms with Crippen molar-refractivity contribution in [1.29, 1.82) is 0 Å². The normalized spacial score (nSPS) is 29.1. The van der Waals surface area contributed by atoms with Crippen LogP contribution in [-0.4, -0.2) is 11.8 Å². The van der Waals surface area contributed by atoms with Gasteiger partial charge in [-0.1, -0.05) is 38.3 Å². The van der Waals surface area contributed by atoms with Crippen LogP contribution >= 0.6 is 0 Å². The summed E-state index contributed by atoms with van der Waals surface area (Å²) in [6.45, 7) is 5.97. The topological polar surface area (TPSA) is 43.4 Å². The van der Waals surface area contributed by atoms with Gasteiger partial charge >= 0.3 is 5.97 Å². The maximum Gasteiger partial charge on any atom is 0.311 e. The van der Waals surface area contributed by atoms with Crippen LogP contribution < -0.4 is 4.74 Å². The summed E-state index contributed by atoms with van der Waals surface area (Å²) in [5.41, 5.74) is 2.72. The lowest BCUT2D eigenvalue weighted by Gasteiger charge is -2.48. The molecule has 4 rings (SSSR count). The number of hydrogen-bond donors (Lipinski definition) is 0. The summed E-state index contributed by atoms with van der Waals surface area (Å²) in [6, 6.07) is 6.29. The second-order valence-electron chi connectivity index (χ2n) is 10.3. The number of allylic oxidation sites excluding steroid dienone is 1. The number of rotatable bonds is 9. The Labute approximate surface area is 187 Å². The quantitative estimate of drug-likeness (QED) is 0.187. The molecule has 3 heteroatoms. The third-order valence-corrected chi connectivity index (χ3v) is 8.43. The first-order valence-electron chi connectivity index (χ1n) is 12.5. The van der Waals surface area contributed by atoms with Gasteiger partial charge in [-0.15, -0.1) is 6.58 Å². The molecule has 1 aromatic carbocycles. The largest absolute Gasteiger partial charge is 0.427 e. The molecule has 0 bridgehead atoms. The number of fused-ring (bicyclic) bond motifs is 5. The molecular weight excluding hydrogens is 384 g/mol. The van der Waals surface area contributed by atoms with Gasteiger partial charge in [0, 0.05) is 18.3 Å². The lowest BCUT2D eigenvalue weighted by atomic mass is 9.55. The van der Waals surface area contributed by atoms with Crippen LogP contribution in [0.4, 0.5) is 0 Å². The van der Waals surface area contributed by atoms with Crippen molar-refractivity contribution in [2.75, 3.05) is 0 Å². The predicted octanol–water partition coefficient (Wildman–Crippen LogP) is 6.93. The van der Waals surface area contributed by atoms with Gasteiger partial charge in [-0.2, -0.15) is 0 Å². The lowest BCUT2D eigenvalue weighted by molar-refractivity contribution is -0.134. The van der Waals surface area contributed by atoms with Crippen LogP contribution in [0.1, 0.15) is 101 Å². The summed E-state index contributed by atoms with van der Waals surface area (Å²) in [4.78, 5) is 24.8. The highest BCUT2D eigenvalue weighted by molar-refractivity contribution is 5.87. The van der Waals surface area contributed by atoms with Gasteiger partial charge in [-0.25, -0.2) is 0 Å². The first kappa shape index (κ1) is 22.3. The first-order chi connectivity index (χ1) is 15.0. The molecule has 2 fully saturated rings. The third kappa shape index (κ3) is 4.66. The molecule has 0 radical (unpaired) electrons. The van der Waals surface area contributed by atoms with Crippen molar-refractivity contribution in [3.63, 3.8) is 0 Å². The molecule has 0 N–H and O–H groups in total. The number of carbonyl (C=O) groups is 2. The molecule has 3 aliphatic carbocycles. The number of ketones is 1. The minimum atomic E-state index is -0.113. The van der Waals surface area contributed by atoms with Gasteiger partial charge in [0.05, 0.1) is 0 Å². The number of hydrogen-bond acceptors (Lipinski definition) is 3. The van der Waals surface area contributed by atoms with Crippen molar-refractivity contribution in [1.82, 2.24) is 0 Å². The Kier molecular flexibility index (Phi) is 6.99. The van der Waals surface area contributed by atoms with E-state index in [9.17, 15) is 9.59 Å². The minimum Gasteiger partial charge on any atom is -0.427 e. The number of ether oxygens (including phenoxy) is 1. The average Bonchev–Trinajstić information content (AvgIpc) is 3.07. The SMILES string of the molecule is C=CCCCCCCCC(=O)Oc1ccc2c(c1)CCC1C2CCC2(C)C(=O)CCC12. The molecule has 0 spiro atoms. The van der Waals surface area contributed by atoms with E-state index in [-0.39, 0.29) is 11.4 Å². The summed E-state index contributed by atoms with van der Waals surface area (Å²) in [5.74, 6) is 2.85. The van der Waals surface area contributed by atoms with E-state index in [2.05, 4.69) is 25.6 Å². The Morgan fingerprint density at radius 1 is 1.13 bits per heavy atom. The monoisotopic (exact) mass is 422 g/mol. The summed E-state index contributed by atoms with van der Waals surface area (Å²) >= 11 is 0. The molecule has 1 aromatic rings. The van der Waals surface area contributed by atoms with Gasteiger partial charge in [0.2, 0.25) is 0 Å². The summed E-state index contributed by atoms with van der Waals surface area (Å²) in [7, 11) is 0. The molecule has 0 amide bonds. The summed E-state index contributed by atoms with van der Waals surface area (Å²) in [6.07, 6.45) is 15.3. The van der Waals surface area contributed by atoms with Crippen LogP contribution in [-0.2, 0) is 16.0 Å². The smallest absolute Gasteiger partial charge is 0.311 e. The van der Waals surface area contributed by atoms with Gasteiger partial charge in [0.1, 0.15) is 11.5 Å². The maximum absolute atomic E-state index is 12.5. The van der Waals surface area contributed by atoms with Gasteiger partial charge < -0.3 is 4.74 Å². The van der Waals surface area contributed by atoms with Crippen molar-refractivity contribution < 1.29 is 14.3 Å². The Hall–Kier alpha value is -1.90. The Morgan fingerprint density at radius 3 is 2.77 bits per heavy atom. The highest BCUT2D eigenvalue weighted by atomic mass is 16.5. The fourth-order valence-electron chi connectivity index (χ4n) is 6.66. The van der Waals surface area contributed by atoms with Crippen LogP contribution in [0, 0.1) is 17.3 Å². The Morgan fingerprint density at radius 2 is 1.94 bits per heavy atom. The van der Waals surface area contributed by atoms with E-state index in [0.717, 1.165) is 57.8 Å². The molecule has 4 atom stereocenters. The molecule has 0 aliphatic heterocycles. The van der Waals surface area contributed by atoms with Crippen molar-refractivity contribution in [3.8, 4) is 5.75 Å². The van der Waals surface area contributed by atoms with E-state index in [1.807, 2.05) is 12.1 Å². The van der Waals surface area contributed by atoms with E-state index >= 15 is 0 Å². The lowest BCUT2D eigenvalue weighted by Crippen LogP contribution is -2.42. The third-order valence-electron chi connectivity index (χ3n) is 8.43. The number of unbranched alkanes of at least 4 members (excludes halogenated alkanes) is 5. The number of carbonyl (C=O) groups excluding carboxylic acids is 2. The molecular formula is C28H38O3. The number of esters is 1. The van der Waals surface area contributed by atoms with Crippen LogP contribution in [0.25, 0.3) is 0 Å². The van der Waals surface area contributed by atoms with Gasteiger partial charge in [-0.3, -0.25) is 9.59 Å². The van der Waals surface area contributed by atoms with E-state index in [0.29, 0.717) is 35.7 Å². The van der Waals surface area contributed by atoms with Crippen molar-refractivity contribution >= 4 is 11.8 Å². The number of Topliss-reactive ketones (excluding diaryl/α,β-unsaturated/α-hetero) is 1. The van der Waals surface area contributed by atoms with Crippen LogP contribution in [0.15, 0.2) is 30.9 Å². The van der Waals surface area contributed by atoms with Crippen LogP contribution in [0.2, 0.25) is 0 Å². The minimum absolute atomic E-state index is 0.0696. The average molecular weight is 423 g/mol. The van der Waals surface area contributed by atoms with E-state index in [1.54, 1.807) is 0 Å². The Balaban J connectivity index is 1.31. The highest BCUT2D eigenvalue weighted by Gasteiger charge is 2.54. The number of aryl methyl sites for hydroxylation is 1. The molecule has 0 aromatic heterocycles. The van der Waals surface area contributed by atoms with E-state index < -0.39 is 0 Å². The second kappa shape index (κ2) is 9.71. The highest BCUT2D eigenvalue weighted by Crippen LogP contribution is 2.59. The fraction of sp³-hybridized carbons (Fsp3) is 0.643. The van der Waals surface area contributed by atoms with E-state index in [4.69, 9.17) is 4.74 Å². The maximum atomic E-state index is 12.5. The summed E-state index contributed by atoms with van der Waals surface area (Å²) in [5, 5.41) is 0. The molecule has 4 unspecified atom stereocenters. The predicted molar refractivity (Wildman–Crippen MR) is 124 cm³/mol. The zero-order chi connectivity index (χ0) is 21.8. The van der Waals surface area contributed by atoms with Gasteiger partial charge in [0.25, 0.3) is 0 Å². The molecule has 2 saturated carbocycles. The van der Waals surface area contributed by atoms with Crippen molar-refractivity contribution in [3.05, 3.63) is 42.0 Å². The van der Waals surface area contributed by atoms with Gasteiger partial charge in [0.15, 0.2) is 0 Å². The van der Waals surface area contributed by atoms with Gasteiger partial charge in [-0.05, 0) is 92.4 Å². The molecule has 0 heterocycles. The molecule has 168 valence electrons. The zero-order valence-electron chi connectivity index (χ0n) is 19.2. The molecule has 31 heavy (non-hydrogen) atoms. The van der Waals surface area contributed by atoms with Crippen molar-refractivity contribution in [2.24, 2.45) is 17.3 Å². The van der Waals surface area contributed by atoms with Crippen molar-refractivity contribution in [2.45, 2.75) is 96.3 Å². The number of benzene rings is 1. The second-order valence-corrected chi connectivity index (χ2v) is 10.3. The molecule has 3 aliphatic rings. The molecule has 0 saturated heterocycles. The summed E-state index contributed by atoms with van der Waals surface area (Å²) < 4.78 is 5.66. The van der Waals surface area contributed by atoms with E-state index in [1.165, 1.54) is 30.4 Å².